The number of hydrogen-bond donors (Lipinski definition) is 2. The van der Waals surface area contributed by atoms with Crippen LogP contribution in [0.25, 0.3) is 0 Å². The second-order valence-electron chi connectivity index (χ2n) is 3.88. The largest absolute Gasteiger partial charge is 0.465 e. The fourth-order valence-corrected chi connectivity index (χ4v) is 2.25. The maximum atomic E-state index is 11.0. The molecule has 2 fully saturated rings. The maximum absolute atomic E-state index is 11.0. The normalized spacial score (nSPS) is 38.1. The molecule has 0 unspecified atom stereocenters. The third-order valence-corrected chi connectivity index (χ3v) is 2.91. The Hall–Kier alpha value is -1.10. The predicted molar refractivity (Wildman–Crippen MR) is 42.3 cm³/mol. The number of hydrogen-bond acceptors (Lipinski definition) is 3. The average molecular weight is 185 g/mol. The summed E-state index contributed by atoms with van der Waals surface area (Å²) in [4.78, 5) is 22.8. The van der Waals surface area contributed by atoms with Crippen LogP contribution in [0.3, 0.4) is 0 Å². The number of carbonyl (C=O) groups is 2. The molecule has 2 atom stereocenters. The number of aliphatic hydroxyl groups is 1. The first-order chi connectivity index (χ1) is 6.01. The number of rotatable bonds is 0. The molecule has 0 aromatic rings. The van der Waals surface area contributed by atoms with Crippen LogP contribution < -0.4 is 0 Å². The standard InChI is InChI=1S/C8H11NO4/c10-6-1-5-3-9(7(11)12)4-8(5,13)2-6/h5,13H,1-4H2,(H,11,12)/t5-,8-/m1/s1. The molecule has 1 heterocycles. The van der Waals surface area contributed by atoms with Crippen molar-refractivity contribution in [3.8, 4) is 0 Å². The molecule has 2 aliphatic rings. The Morgan fingerprint density at radius 3 is 2.85 bits per heavy atom. The Morgan fingerprint density at radius 1 is 1.62 bits per heavy atom. The molecule has 1 aliphatic heterocycles. The van der Waals surface area contributed by atoms with E-state index in [4.69, 9.17) is 5.11 Å². The van der Waals surface area contributed by atoms with Crippen LogP contribution in [0, 0.1) is 5.92 Å². The minimum absolute atomic E-state index is 0.0394. The molecule has 5 nitrogen and oxygen atoms in total. The summed E-state index contributed by atoms with van der Waals surface area (Å²) in [5, 5.41) is 18.6. The molecule has 5 heteroatoms. The lowest BCUT2D eigenvalue weighted by atomic mass is 9.95. The summed E-state index contributed by atoms with van der Waals surface area (Å²) in [5.41, 5.74) is -1.07. The minimum atomic E-state index is -1.07. The van der Waals surface area contributed by atoms with E-state index in [1.807, 2.05) is 0 Å². The molecule has 0 spiro atoms. The van der Waals surface area contributed by atoms with Gasteiger partial charge in [0.15, 0.2) is 0 Å². The molecule has 0 radical (unpaired) electrons. The first-order valence-electron chi connectivity index (χ1n) is 4.23. The van der Waals surface area contributed by atoms with E-state index >= 15 is 0 Å². The van der Waals surface area contributed by atoms with E-state index in [1.165, 1.54) is 4.90 Å². The zero-order chi connectivity index (χ0) is 9.64. The molecular formula is C8H11NO4. The van der Waals surface area contributed by atoms with E-state index < -0.39 is 11.7 Å². The van der Waals surface area contributed by atoms with Gasteiger partial charge in [-0.15, -0.1) is 0 Å². The molecule has 2 N–H and O–H groups in total. The molecule has 72 valence electrons. The Bertz CT molecular complexity index is 277. The van der Waals surface area contributed by atoms with Gasteiger partial charge >= 0.3 is 6.09 Å². The molecule has 1 saturated carbocycles. The predicted octanol–water partition coefficient (Wildman–Crippen LogP) is -0.310. The van der Waals surface area contributed by atoms with Gasteiger partial charge in [-0.25, -0.2) is 4.79 Å². The second-order valence-corrected chi connectivity index (χ2v) is 3.88. The summed E-state index contributed by atoms with van der Waals surface area (Å²) in [6, 6.07) is 0. The van der Waals surface area contributed by atoms with Gasteiger partial charge in [0.2, 0.25) is 0 Å². The quantitative estimate of drug-likeness (QED) is 0.542. The van der Waals surface area contributed by atoms with Crippen LogP contribution in [-0.4, -0.2) is 45.7 Å². The van der Waals surface area contributed by atoms with Crippen molar-refractivity contribution in [2.24, 2.45) is 5.92 Å². The summed E-state index contributed by atoms with van der Waals surface area (Å²) < 4.78 is 0. The van der Waals surface area contributed by atoms with Crippen molar-refractivity contribution in [1.82, 2.24) is 4.90 Å². The van der Waals surface area contributed by atoms with E-state index in [0.717, 1.165) is 0 Å². The van der Waals surface area contributed by atoms with Crippen LogP contribution in [0.4, 0.5) is 4.79 Å². The van der Waals surface area contributed by atoms with Crippen LogP contribution >= 0.6 is 0 Å². The number of fused-ring (bicyclic) bond motifs is 1. The van der Waals surface area contributed by atoms with Gasteiger partial charge in [-0.05, 0) is 0 Å². The monoisotopic (exact) mass is 185 g/mol. The van der Waals surface area contributed by atoms with E-state index in [1.54, 1.807) is 0 Å². The van der Waals surface area contributed by atoms with Crippen molar-refractivity contribution < 1.29 is 19.8 Å². The Kier molecular flexibility index (Phi) is 1.60. The molecule has 0 aromatic heterocycles. The van der Waals surface area contributed by atoms with Gasteiger partial charge in [-0.2, -0.15) is 0 Å². The van der Waals surface area contributed by atoms with E-state index in [2.05, 4.69) is 0 Å². The number of nitrogens with zero attached hydrogens (tertiary/aromatic N) is 1. The molecule has 2 rings (SSSR count). The first-order valence-corrected chi connectivity index (χ1v) is 4.23. The van der Waals surface area contributed by atoms with Crippen molar-refractivity contribution in [3.63, 3.8) is 0 Å². The van der Waals surface area contributed by atoms with Crippen molar-refractivity contribution in [1.29, 1.82) is 0 Å². The highest BCUT2D eigenvalue weighted by molar-refractivity contribution is 5.83. The first kappa shape index (κ1) is 8.50. The molecule has 0 aromatic carbocycles. The number of β-amino-alcohol motifs (C(OH)–C–C–N with tert-alkyl or cyclic N) is 1. The Labute approximate surface area is 75.0 Å². The van der Waals surface area contributed by atoms with E-state index in [0.29, 0.717) is 6.42 Å². The lowest BCUT2D eigenvalue weighted by Crippen LogP contribution is -2.36. The van der Waals surface area contributed by atoms with Gasteiger partial charge in [0.1, 0.15) is 5.78 Å². The number of amides is 1. The van der Waals surface area contributed by atoms with Crippen LogP contribution in [0.1, 0.15) is 12.8 Å². The van der Waals surface area contributed by atoms with Crippen LogP contribution in [0.2, 0.25) is 0 Å². The smallest absolute Gasteiger partial charge is 0.407 e. The zero-order valence-corrected chi connectivity index (χ0v) is 7.06. The highest BCUT2D eigenvalue weighted by Gasteiger charge is 2.52. The zero-order valence-electron chi connectivity index (χ0n) is 7.06. The highest BCUT2D eigenvalue weighted by Crippen LogP contribution is 2.39. The van der Waals surface area contributed by atoms with Crippen LogP contribution in [0.15, 0.2) is 0 Å². The molecule has 1 amide bonds. The highest BCUT2D eigenvalue weighted by atomic mass is 16.4. The van der Waals surface area contributed by atoms with Crippen molar-refractivity contribution in [3.05, 3.63) is 0 Å². The van der Waals surface area contributed by atoms with Gasteiger partial charge in [0.25, 0.3) is 0 Å². The number of carbonyl (C=O) groups excluding carboxylic acids is 1. The van der Waals surface area contributed by atoms with Gasteiger partial charge in [-0.1, -0.05) is 0 Å². The number of carboxylic acid groups (broad SMARTS) is 1. The van der Waals surface area contributed by atoms with Gasteiger partial charge in [0.05, 0.1) is 12.1 Å². The lowest BCUT2D eigenvalue weighted by molar-refractivity contribution is -0.119. The van der Waals surface area contributed by atoms with Crippen molar-refractivity contribution in [2.45, 2.75) is 18.4 Å². The van der Waals surface area contributed by atoms with Crippen molar-refractivity contribution >= 4 is 11.9 Å². The second kappa shape index (κ2) is 2.45. The maximum Gasteiger partial charge on any atom is 0.407 e. The molecule has 1 aliphatic carbocycles. The fraction of sp³-hybridized carbons (Fsp3) is 0.750. The number of likely N-dealkylation sites (tertiary alicyclic amines) is 1. The van der Waals surface area contributed by atoms with Gasteiger partial charge in [-0.3, -0.25) is 4.79 Å². The average Bonchev–Trinajstić information content (AvgIpc) is 2.38. The molecular weight excluding hydrogens is 174 g/mol. The van der Waals surface area contributed by atoms with Gasteiger partial charge < -0.3 is 15.1 Å². The van der Waals surface area contributed by atoms with Crippen molar-refractivity contribution in [2.75, 3.05) is 13.1 Å². The Morgan fingerprint density at radius 2 is 2.31 bits per heavy atom. The van der Waals surface area contributed by atoms with Crippen LogP contribution in [-0.2, 0) is 4.79 Å². The summed E-state index contributed by atoms with van der Waals surface area (Å²) >= 11 is 0. The summed E-state index contributed by atoms with van der Waals surface area (Å²) in [6.07, 6.45) is -0.586. The summed E-state index contributed by atoms with van der Waals surface area (Å²) in [6.45, 7) is 0.371. The molecule has 1 saturated heterocycles. The van der Waals surface area contributed by atoms with E-state index in [-0.39, 0.29) is 31.2 Å². The topological polar surface area (TPSA) is 77.8 Å². The molecule has 13 heavy (non-hydrogen) atoms. The summed E-state index contributed by atoms with van der Waals surface area (Å²) in [7, 11) is 0. The SMILES string of the molecule is O=C1C[C@@H]2CN(C(=O)O)C[C@]2(O)C1. The van der Waals surface area contributed by atoms with Gasteiger partial charge in [0, 0.05) is 25.3 Å². The minimum Gasteiger partial charge on any atom is -0.465 e. The number of ketones is 1. The summed E-state index contributed by atoms with van der Waals surface area (Å²) in [5.74, 6) is -0.145. The van der Waals surface area contributed by atoms with E-state index in [9.17, 15) is 14.7 Å². The fourth-order valence-electron chi connectivity index (χ4n) is 2.25. The van der Waals surface area contributed by atoms with Crippen LogP contribution in [0.5, 0.6) is 0 Å². The lowest BCUT2D eigenvalue weighted by Gasteiger charge is -2.19. The third-order valence-electron chi connectivity index (χ3n) is 2.91. The third kappa shape index (κ3) is 1.19. The Balaban J connectivity index is 2.14. The molecule has 0 bridgehead atoms. The number of Topliss-reactive ketones (excluding diaryl/α,β-unsaturated/α-hetero) is 1.